The molecule has 0 bridgehead atoms. The number of carbonyl (C=O) groups is 2. The summed E-state index contributed by atoms with van der Waals surface area (Å²) < 4.78 is 0. The Kier molecular flexibility index (Phi) is 5.53. The third-order valence-electron chi connectivity index (χ3n) is 4.93. The van der Waals surface area contributed by atoms with Crippen molar-refractivity contribution >= 4 is 11.8 Å². The van der Waals surface area contributed by atoms with Crippen LogP contribution in [0.25, 0.3) is 33.4 Å². The number of carbonyl (C=O) groups excluding carboxylic acids is 2. The van der Waals surface area contributed by atoms with E-state index in [1.54, 1.807) is 0 Å². The predicted molar refractivity (Wildman–Crippen MR) is 121 cm³/mol. The van der Waals surface area contributed by atoms with Gasteiger partial charge in [0.05, 0.1) is 0 Å². The lowest BCUT2D eigenvalue weighted by Crippen LogP contribution is -2.28. The van der Waals surface area contributed by atoms with E-state index < -0.39 is 5.91 Å². The van der Waals surface area contributed by atoms with E-state index in [2.05, 4.69) is 11.4 Å². The van der Waals surface area contributed by atoms with Gasteiger partial charge >= 0.3 is 0 Å². The van der Waals surface area contributed by atoms with Crippen LogP contribution in [-0.4, -0.2) is 11.8 Å². The minimum atomic E-state index is -0.406. The van der Waals surface area contributed by atoms with Gasteiger partial charge in [0.2, 0.25) is 5.91 Å². The van der Waals surface area contributed by atoms with Crippen molar-refractivity contribution in [3.63, 3.8) is 0 Å². The van der Waals surface area contributed by atoms with Crippen molar-refractivity contribution in [3.8, 4) is 33.4 Å². The maximum absolute atomic E-state index is 13.1. The molecule has 3 nitrogen and oxygen atoms in total. The molecule has 146 valence electrons. The maximum Gasteiger partial charge on any atom is 0.258 e. The van der Waals surface area contributed by atoms with Gasteiger partial charge in [-0.25, -0.2) is 0 Å². The first kappa shape index (κ1) is 19.3. The van der Waals surface area contributed by atoms with E-state index in [-0.39, 0.29) is 5.91 Å². The highest BCUT2D eigenvalue weighted by Crippen LogP contribution is 2.38. The van der Waals surface area contributed by atoms with E-state index in [1.165, 1.54) is 6.92 Å². The van der Waals surface area contributed by atoms with Crippen LogP contribution in [0.5, 0.6) is 0 Å². The summed E-state index contributed by atoms with van der Waals surface area (Å²) in [6.07, 6.45) is 0. The van der Waals surface area contributed by atoms with Crippen molar-refractivity contribution in [2.24, 2.45) is 0 Å². The normalized spacial score (nSPS) is 10.4. The summed E-state index contributed by atoms with van der Waals surface area (Å²) in [5.74, 6) is -0.790. The zero-order chi connectivity index (χ0) is 20.9. The highest BCUT2D eigenvalue weighted by molar-refractivity contribution is 6.11. The number of benzene rings is 4. The molecular weight excluding hydrogens is 370 g/mol. The van der Waals surface area contributed by atoms with E-state index in [9.17, 15) is 9.59 Å². The fraction of sp³-hybridized carbons (Fsp3) is 0.0370. The SMILES string of the molecule is CC(=O)NC(=O)c1cc(-c2ccccc2)cc(-c2ccccc2)c1-c1ccccc1. The Labute approximate surface area is 176 Å². The Bertz CT molecular complexity index is 1180. The highest BCUT2D eigenvalue weighted by Gasteiger charge is 2.20. The molecule has 0 unspecified atom stereocenters. The minimum Gasteiger partial charge on any atom is -0.293 e. The lowest BCUT2D eigenvalue weighted by atomic mass is 9.87. The molecule has 0 aliphatic carbocycles. The second-order valence-corrected chi connectivity index (χ2v) is 7.05. The third kappa shape index (κ3) is 4.06. The zero-order valence-corrected chi connectivity index (χ0v) is 16.6. The van der Waals surface area contributed by atoms with E-state index in [0.29, 0.717) is 5.56 Å². The third-order valence-corrected chi connectivity index (χ3v) is 4.93. The largest absolute Gasteiger partial charge is 0.293 e. The summed E-state index contributed by atoms with van der Waals surface area (Å²) in [4.78, 5) is 24.7. The van der Waals surface area contributed by atoms with Gasteiger partial charge in [0, 0.05) is 18.1 Å². The second kappa shape index (κ2) is 8.58. The Hall–Kier alpha value is -3.98. The minimum absolute atomic E-state index is 0.384. The molecular formula is C27H21NO2. The average Bonchev–Trinajstić information content (AvgIpc) is 2.79. The van der Waals surface area contributed by atoms with Crippen LogP contribution in [0, 0.1) is 0 Å². The van der Waals surface area contributed by atoms with Crippen molar-refractivity contribution in [2.75, 3.05) is 0 Å². The average molecular weight is 391 g/mol. The number of hydrogen-bond donors (Lipinski definition) is 1. The molecule has 0 atom stereocenters. The van der Waals surface area contributed by atoms with Crippen molar-refractivity contribution in [1.29, 1.82) is 0 Å². The molecule has 4 rings (SSSR count). The molecule has 0 saturated carbocycles. The van der Waals surface area contributed by atoms with Crippen molar-refractivity contribution < 1.29 is 9.59 Å². The molecule has 0 aliphatic rings. The molecule has 30 heavy (non-hydrogen) atoms. The Balaban J connectivity index is 2.05. The lowest BCUT2D eigenvalue weighted by Gasteiger charge is -2.18. The van der Waals surface area contributed by atoms with Crippen LogP contribution in [0.4, 0.5) is 0 Å². The Morgan fingerprint density at radius 2 is 1.10 bits per heavy atom. The monoisotopic (exact) mass is 391 g/mol. The van der Waals surface area contributed by atoms with Gasteiger partial charge < -0.3 is 0 Å². The smallest absolute Gasteiger partial charge is 0.258 e. The molecule has 0 aromatic heterocycles. The molecule has 0 spiro atoms. The first-order chi connectivity index (χ1) is 14.6. The first-order valence-corrected chi connectivity index (χ1v) is 9.79. The molecule has 4 aromatic rings. The summed E-state index contributed by atoms with van der Waals surface area (Å²) >= 11 is 0. The molecule has 0 aliphatic heterocycles. The molecule has 4 aromatic carbocycles. The van der Waals surface area contributed by atoms with Crippen LogP contribution in [0.1, 0.15) is 17.3 Å². The second-order valence-electron chi connectivity index (χ2n) is 7.05. The first-order valence-electron chi connectivity index (χ1n) is 9.79. The van der Waals surface area contributed by atoms with Gasteiger partial charge in [0.15, 0.2) is 0 Å². The fourth-order valence-corrected chi connectivity index (χ4v) is 3.61. The summed E-state index contributed by atoms with van der Waals surface area (Å²) in [6.45, 7) is 1.35. The van der Waals surface area contributed by atoms with Crippen molar-refractivity contribution in [1.82, 2.24) is 5.32 Å². The number of nitrogens with one attached hydrogen (secondary N) is 1. The van der Waals surface area contributed by atoms with Crippen LogP contribution < -0.4 is 5.32 Å². The number of amides is 2. The van der Waals surface area contributed by atoms with E-state index in [0.717, 1.165) is 33.4 Å². The van der Waals surface area contributed by atoms with Gasteiger partial charge in [0.25, 0.3) is 5.91 Å². The van der Waals surface area contributed by atoms with E-state index >= 15 is 0 Å². The molecule has 0 radical (unpaired) electrons. The van der Waals surface area contributed by atoms with E-state index in [1.807, 2.05) is 97.1 Å². The van der Waals surface area contributed by atoms with Gasteiger partial charge in [-0.3, -0.25) is 14.9 Å². The number of rotatable bonds is 4. The van der Waals surface area contributed by atoms with Gasteiger partial charge in [-0.05, 0) is 39.9 Å². The fourth-order valence-electron chi connectivity index (χ4n) is 3.61. The van der Waals surface area contributed by atoms with Crippen LogP contribution in [-0.2, 0) is 4.79 Å². The molecule has 0 heterocycles. The zero-order valence-electron chi connectivity index (χ0n) is 16.6. The molecule has 0 fully saturated rings. The van der Waals surface area contributed by atoms with Crippen LogP contribution in [0.2, 0.25) is 0 Å². The Morgan fingerprint density at radius 1 is 0.600 bits per heavy atom. The molecule has 0 saturated heterocycles. The van der Waals surface area contributed by atoms with Crippen molar-refractivity contribution in [2.45, 2.75) is 6.92 Å². The lowest BCUT2D eigenvalue weighted by molar-refractivity contribution is -0.118. The van der Waals surface area contributed by atoms with Crippen LogP contribution in [0.15, 0.2) is 103 Å². The van der Waals surface area contributed by atoms with Gasteiger partial charge in [-0.1, -0.05) is 91.0 Å². The Morgan fingerprint density at radius 3 is 1.63 bits per heavy atom. The standard InChI is InChI=1S/C27H21NO2/c1-19(29)28-27(30)25-18-23(20-11-5-2-6-12-20)17-24(21-13-7-3-8-14-21)26(25)22-15-9-4-10-16-22/h2-18H,1H3,(H,28,29,30). The molecule has 3 heteroatoms. The predicted octanol–water partition coefficient (Wildman–Crippen LogP) is 5.96. The summed E-state index contributed by atoms with van der Waals surface area (Å²) in [5.41, 5.74) is 6.07. The number of hydrogen-bond acceptors (Lipinski definition) is 2. The van der Waals surface area contributed by atoms with Gasteiger partial charge in [-0.2, -0.15) is 0 Å². The molecule has 2 amide bonds. The summed E-state index contributed by atoms with van der Waals surface area (Å²) in [5, 5.41) is 2.45. The van der Waals surface area contributed by atoms with Crippen LogP contribution >= 0.6 is 0 Å². The maximum atomic E-state index is 13.1. The quantitative estimate of drug-likeness (QED) is 0.466. The van der Waals surface area contributed by atoms with Gasteiger partial charge in [0.1, 0.15) is 0 Å². The van der Waals surface area contributed by atoms with Crippen LogP contribution in [0.3, 0.4) is 0 Å². The summed E-state index contributed by atoms with van der Waals surface area (Å²) in [6, 6.07) is 33.7. The highest BCUT2D eigenvalue weighted by atomic mass is 16.2. The summed E-state index contributed by atoms with van der Waals surface area (Å²) in [7, 11) is 0. The van der Waals surface area contributed by atoms with Gasteiger partial charge in [-0.15, -0.1) is 0 Å². The topological polar surface area (TPSA) is 46.2 Å². The van der Waals surface area contributed by atoms with Crippen molar-refractivity contribution in [3.05, 3.63) is 109 Å². The molecule has 1 N–H and O–H groups in total. The number of imide groups is 1. The van der Waals surface area contributed by atoms with E-state index in [4.69, 9.17) is 0 Å².